The number of nitrogens with one attached hydrogen (secondary N) is 1. The minimum absolute atomic E-state index is 0.0596. The van der Waals surface area contributed by atoms with Crippen LogP contribution in [0.3, 0.4) is 0 Å². The van der Waals surface area contributed by atoms with Crippen LogP contribution >= 0.6 is 0 Å². The van der Waals surface area contributed by atoms with Gasteiger partial charge in [0.15, 0.2) is 0 Å². The van der Waals surface area contributed by atoms with E-state index in [1.54, 1.807) is 10.9 Å². The summed E-state index contributed by atoms with van der Waals surface area (Å²) in [5, 5.41) is 10.7. The Kier molecular flexibility index (Phi) is 5.26. The maximum atomic E-state index is 12.1. The number of carbonyl (C=O) groups excluding carboxylic acids is 1. The van der Waals surface area contributed by atoms with Gasteiger partial charge in [0.25, 0.3) is 0 Å². The Morgan fingerprint density at radius 3 is 2.86 bits per heavy atom. The zero-order valence-corrected chi connectivity index (χ0v) is 13.0. The number of amides is 2. The molecule has 2 amide bonds. The zero-order chi connectivity index (χ0) is 15.2. The summed E-state index contributed by atoms with van der Waals surface area (Å²) >= 11 is 0. The van der Waals surface area contributed by atoms with Crippen LogP contribution in [0, 0.1) is 5.92 Å². The highest BCUT2D eigenvalue weighted by Crippen LogP contribution is 2.28. The molecule has 2 fully saturated rings. The molecule has 0 aliphatic carbocycles. The average molecular weight is 307 g/mol. The summed E-state index contributed by atoms with van der Waals surface area (Å²) in [4.78, 5) is 14.1. The molecular formula is C15H25N5O2. The second-order valence-corrected chi connectivity index (χ2v) is 6.13. The molecule has 1 aromatic rings. The summed E-state index contributed by atoms with van der Waals surface area (Å²) in [6.45, 7) is 4.06. The van der Waals surface area contributed by atoms with Gasteiger partial charge in [0.1, 0.15) is 0 Å². The highest BCUT2D eigenvalue weighted by Gasteiger charge is 2.30. The van der Waals surface area contributed by atoms with Crippen LogP contribution in [0.5, 0.6) is 0 Å². The highest BCUT2D eigenvalue weighted by atomic mass is 16.5. The molecule has 2 aliphatic rings. The van der Waals surface area contributed by atoms with Gasteiger partial charge in [-0.2, -0.15) is 0 Å². The second-order valence-electron chi connectivity index (χ2n) is 6.13. The molecule has 7 heteroatoms. The number of carbonyl (C=O) groups is 1. The van der Waals surface area contributed by atoms with Gasteiger partial charge < -0.3 is 15.0 Å². The largest absolute Gasteiger partial charge is 0.378 e. The van der Waals surface area contributed by atoms with Crippen LogP contribution in [0.2, 0.25) is 0 Å². The number of aryl methyl sites for hydroxylation is 1. The topological polar surface area (TPSA) is 72.3 Å². The predicted octanol–water partition coefficient (Wildman–Crippen LogP) is 1.27. The fourth-order valence-electron chi connectivity index (χ4n) is 3.35. The number of hydrogen-bond acceptors (Lipinski definition) is 4. The van der Waals surface area contributed by atoms with Crippen LogP contribution in [0.1, 0.15) is 32.1 Å². The molecule has 122 valence electrons. The number of likely N-dealkylation sites (tertiary alicyclic amines) is 1. The minimum Gasteiger partial charge on any atom is -0.378 e. The average Bonchev–Trinajstić information content (AvgIpc) is 3.25. The number of urea groups is 1. The third-order valence-electron chi connectivity index (χ3n) is 4.63. The summed E-state index contributed by atoms with van der Waals surface area (Å²) in [5.74, 6) is 0.638. The molecule has 1 aromatic heterocycles. The van der Waals surface area contributed by atoms with E-state index in [9.17, 15) is 4.79 Å². The Bertz CT molecular complexity index is 451. The number of rotatable bonds is 5. The number of piperidine rings is 1. The Hall–Kier alpha value is -1.63. The van der Waals surface area contributed by atoms with E-state index in [2.05, 4.69) is 15.6 Å². The molecular weight excluding hydrogens is 282 g/mol. The summed E-state index contributed by atoms with van der Waals surface area (Å²) in [6.07, 6.45) is 9.31. The van der Waals surface area contributed by atoms with Gasteiger partial charge in [0.05, 0.1) is 12.3 Å². The van der Waals surface area contributed by atoms with Crippen molar-refractivity contribution in [1.29, 1.82) is 0 Å². The number of ether oxygens (including phenoxy) is 1. The van der Waals surface area contributed by atoms with E-state index in [0.29, 0.717) is 18.6 Å². The third kappa shape index (κ3) is 3.97. The van der Waals surface area contributed by atoms with E-state index >= 15 is 0 Å². The lowest BCUT2D eigenvalue weighted by atomic mass is 9.90. The van der Waals surface area contributed by atoms with E-state index in [4.69, 9.17) is 4.74 Å². The van der Waals surface area contributed by atoms with Gasteiger partial charge >= 0.3 is 6.03 Å². The maximum Gasteiger partial charge on any atom is 0.317 e. The van der Waals surface area contributed by atoms with Gasteiger partial charge in [-0.25, -0.2) is 4.79 Å². The SMILES string of the molecule is O=C(NCCCn1ccnn1)N1CCC([C@H]2CCCO2)CC1. The van der Waals surface area contributed by atoms with Gasteiger partial charge in [-0.05, 0) is 38.0 Å². The lowest BCUT2D eigenvalue weighted by Gasteiger charge is -2.34. The molecule has 7 nitrogen and oxygen atoms in total. The minimum atomic E-state index is 0.0596. The monoisotopic (exact) mass is 307 g/mol. The van der Waals surface area contributed by atoms with Crippen LogP contribution < -0.4 is 5.32 Å². The maximum absolute atomic E-state index is 12.1. The first-order chi connectivity index (χ1) is 10.8. The molecule has 1 N–H and O–H groups in total. The van der Waals surface area contributed by atoms with E-state index in [1.807, 2.05) is 11.1 Å². The van der Waals surface area contributed by atoms with Crippen molar-refractivity contribution in [3.05, 3.63) is 12.4 Å². The molecule has 0 unspecified atom stereocenters. The van der Waals surface area contributed by atoms with Gasteiger partial charge in [0.2, 0.25) is 0 Å². The lowest BCUT2D eigenvalue weighted by Crippen LogP contribution is -2.46. The van der Waals surface area contributed by atoms with Crippen LogP contribution in [0.25, 0.3) is 0 Å². The van der Waals surface area contributed by atoms with Crippen molar-refractivity contribution in [2.24, 2.45) is 5.92 Å². The molecule has 0 aromatic carbocycles. The van der Waals surface area contributed by atoms with Crippen molar-refractivity contribution in [1.82, 2.24) is 25.2 Å². The van der Waals surface area contributed by atoms with Gasteiger partial charge in [-0.1, -0.05) is 5.21 Å². The molecule has 2 saturated heterocycles. The third-order valence-corrected chi connectivity index (χ3v) is 4.63. The molecule has 3 rings (SSSR count). The summed E-state index contributed by atoms with van der Waals surface area (Å²) in [5.41, 5.74) is 0. The van der Waals surface area contributed by atoms with Crippen LogP contribution in [0.15, 0.2) is 12.4 Å². The number of hydrogen-bond donors (Lipinski definition) is 1. The fourth-order valence-corrected chi connectivity index (χ4v) is 3.35. The van der Waals surface area contributed by atoms with E-state index in [-0.39, 0.29) is 6.03 Å². The molecule has 0 spiro atoms. The Balaban J connectivity index is 1.31. The normalized spacial score (nSPS) is 22.9. The first-order valence-electron chi connectivity index (χ1n) is 8.31. The van der Waals surface area contributed by atoms with Crippen molar-refractivity contribution in [2.75, 3.05) is 26.2 Å². The van der Waals surface area contributed by atoms with Crippen molar-refractivity contribution in [3.63, 3.8) is 0 Å². The molecule has 22 heavy (non-hydrogen) atoms. The standard InChI is InChI=1S/C15H25N5O2/c21-15(16-6-2-8-20-11-7-17-18-20)19-9-4-13(5-10-19)14-3-1-12-22-14/h7,11,13-14H,1-6,8-10,12H2,(H,16,21)/t14-/m1/s1. The number of nitrogens with zero attached hydrogens (tertiary/aromatic N) is 4. The fraction of sp³-hybridized carbons (Fsp3) is 0.800. The van der Waals surface area contributed by atoms with E-state index < -0.39 is 0 Å². The van der Waals surface area contributed by atoms with Gasteiger partial charge in [-0.15, -0.1) is 5.10 Å². The smallest absolute Gasteiger partial charge is 0.317 e. The quantitative estimate of drug-likeness (QED) is 0.832. The zero-order valence-electron chi connectivity index (χ0n) is 13.0. The Labute approximate surface area is 131 Å². The highest BCUT2D eigenvalue weighted by molar-refractivity contribution is 5.74. The lowest BCUT2D eigenvalue weighted by molar-refractivity contribution is 0.0372. The molecule has 1 atom stereocenters. The Morgan fingerprint density at radius 2 is 2.18 bits per heavy atom. The van der Waals surface area contributed by atoms with Crippen LogP contribution in [0.4, 0.5) is 4.79 Å². The molecule has 0 saturated carbocycles. The first kappa shape index (κ1) is 15.3. The Morgan fingerprint density at radius 1 is 1.32 bits per heavy atom. The second kappa shape index (κ2) is 7.58. The summed E-state index contributed by atoms with van der Waals surface area (Å²) in [7, 11) is 0. The molecule has 0 radical (unpaired) electrons. The van der Waals surface area contributed by atoms with Crippen molar-refractivity contribution < 1.29 is 9.53 Å². The summed E-state index contributed by atoms with van der Waals surface area (Å²) in [6, 6.07) is 0.0596. The van der Waals surface area contributed by atoms with E-state index in [0.717, 1.165) is 45.5 Å². The van der Waals surface area contributed by atoms with Crippen LogP contribution in [-0.4, -0.2) is 58.3 Å². The van der Waals surface area contributed by atoms with Crippen molar-refractivity contribution in [2.45, 2.75) is 44.8 Å². The van der Waals surface area contributed by atoms with Crippen LogP contribution in [-0.2, 0) is 11.3 Å². The molecule has 3 heterocycles. The summed E-state index contributed by atoms with van der Waals surface area (Å²) < 4.78 is 7.55. The van der Waals surface area contributed by atoms with Crippen molar-refractivity contribution in [3.8, 4) is 0 Å². The predicted molar refractivity (Wildman–Crippen MR) is 81.3 cm³/mol. The van der Waals surface area contributed by atoms with E-state index in [1.165, 1.54) is 12.8 Å². The van der Waals surface area contributed by atoms with Gasteiger partial charge in [0, 0.05) is 39.0 Å². The molecule has 0 bridgehead atoms. The first-order valence-corrected chi connectivity index (χ1v) is 8.31. The molecule has 2 aliphatic heterocycles. The van der Waals surface area contributed by atoms with Gasteiger partial charge in [-0.3, -0.25) is 4.68 Å². The number of aromatic nitrogens is 3. The van der Waals surface area contributed by atoms with Crippen molar-refractivity contribution >= 4 is 6.03 Å².